The van der Waals surface area contributed by atoms with Gasteiger partial charge in [-0.2, -0.15) is 13.2 Å². The number of nitrogens with zero attached hydrogens (tertiary/aromatic N) is 2. The van der Waals surface area contributed by atoms with Crippen molar-refractivity contribution in [2.45, 2.75) is 19.0 Å². The van der Waals surface area contributed by atoms with Gasteiger partial charge >= 0.3 is 12.1 Å². The van der Waals surface area contributed by atoms with Crippen LogP contribution in [0.1, 0.15) is 12.8 Å². The molecule has 2 aromatic carbocycles. The van der Waals surface area contributed by atoms with Crippen LogP contribution in [0.3, 0.4) is 0 Å². The van der Waals surface area contributed by atoms with Crippen LogP contribution >= 0.6 is 0 Å². The summed E-state index contributed by atoms with van der Waals surface area (Å²) in [6.45, 7) is 0.335. The highest BCUT2D eigenvalue weighted by molar-refractivity contribution is 5.90. The quantitative estimate of drug-likeness (QED) is 0.326. The predicted octanol–water partition coefficient (Wildman–Crippen LogP) is 5.03. The number of carbonyl (C=O) groups is 2. The van der Waals surface area contributed by atoms with E-state index in [1.165, 1.54) is 6.07 Å². The van der Waals surface area contributed by atoms with Crippen molar-refractivity contribution in [1.29, 1.82) is 0 Å². The highest BCUT2D eigenvalue weighted by Gasteiger charge is 2.38. The van der Waals surface area contributed by atoms with Gasteiger partial charge in [0, 0.05) is 31.1 Å². The summed E-state index contributed by atoms with van der Waals surface area (Å²) in [5.74, 6) is -1.83. The van der Waals surface area contributed by atoms with Gasteiger partial charge in [0.05, 0.1) is 12.1 Å². The molecule has 198 valence electrons. The summed E-state index contributed by atoms with van der Waals surface area (Å²) < 4.78 is 39.1. The minimum atomic E-state index is -5.08. The normalized spacial score (nSPS) is 10.8. The Morgan fingerprint density at radius 2 is 1.66 bits per heavy atom. The number of carboxylic acid groups (broad SMARTS) is 1. The summed E-state index contributed by atoms with van der Waals surface area (Å²) in [5, 5.41) is 10.8. The summed E-state index contributed by atoms with van der Waals surface area (Å²) in [4.78, 5) is 37.6. The first kappa shape index (κ1) is 27.9. The zero-order chi connectivity index (χ0) is 27.7. The molecule has 0 unspecified atom stereocenters. The fourth-order valence-corrected chi connectivity index (χ4v) is 3.43. The number of alkyl halides is 3. The number of aliphatic carboxylic acids is 1. The van der Waals surface area contributed by atoms with E-state index in [0.717, 1.165) is 22.0 Å². The van der Waals surface area contributed by atoms with E-state index in [4.69, 9.17) is 14.6 Å². The van der Waals surface area contributed by atoms with Gasteiger partial charge in [-0.3, -0.25) is 9.59 Å². The first-order chi connectivity index (χ1) is 18.1. The van der Waals surface area contributed by atoms with E-state index in [1.54, 1.807) is 17.8 Å². The molecule has 0 aliphatic rings. The maximum absolute atomic E-state index is 12.3. The highest BCUT2D eigenvalue weighted by Crippen LogP contribution is 2.23. The zero-order valence-corrected chi connectivity index (χ0v) is 20.2. The lowest BCUT2D eigenvalue weighted by atomic mass is 10.1. The second kappa shape index (κ2) is 12.5. The lowest BCUT2D eigenvalue weighted by molar-refractivity contribution is -0.192. The van der Waals surface area contributed by atoms with E-state index in [1.807, 2.05) is 66.7 Å². The number of hydrogen-bond donors (Lipinski definition) is 2. The Bertz CT molecular complexity index is 1470. The number of carbonyl (C=O) groups excluding carboxylic acids is 1. The van der Waals surface area contributed by atoms with Crippen LogP contribution in [-0.4, -0.2) is 39.3 Å². The van der Waals surface area contributed by atoms with E-state index < -0.39 is 12.1 Å². The van der Waals surface area contributed by atoms with Crippen molar-refractivity contribution >= 4 is 28.6 Å². The Hall–Kier alpha value is -4.67. The molecule has 0 radical (unpaired) electrons. The van der Waals surface area contributed by atoms with Gasteiger partial charge in [0.2, 0.25) is 5.91 Å². The van der Waals surface area contributed by atoms with Crippen LogP contribution in [0.25, 0.3) is 22.0 Å². The number of pyridine rings is 2. The third-order valence-electron chi connectivity index (χ3n) is 5.30. The second-order valence-corrected chi connectivity index (χ2v) is 8.02. The number of amides is 1. The summed E-state index contributed by atoms with van der Waals surface area (Å²) in [7, 11) is 1.74. The molecular weight excluding hydrogens is 503 g/mol. The van der Waals surface area contributed by atoms with E-state index >= 15 is 0 Å². The first-order valence-electron chi connectivity index (χ1n) is 11.4. The number of fused-ring (bicyclic) bond motifs is 1. The number of aryl methyl sites for hydroxylation is 1. The molecule has 2 aromatic heterocycles. The number of nitrogens with one attached hydrogen (secondary N) is 1. The maximum atomic E-state index is 12.3. The van der Waals surface area contributed by atoms with Crippen LogP contribution in [0.15, 0.2) is 83.8 Å². The van der Waals surface area contributed by atoms with Crippen molar-refractivity contribution in [3.8, 4) is 16.9 Å². The average Bonchev–Trinajstić information content (AvgIpc) is 2.90. The molecule has 0 aliphatic heterocycles. The monoisotopic (exact) mass is 527 g/mol. The molecule has 4 aromatic rings. The Labute approximate surface area is 215 Å². The number of ether oxygens (including phenoxy) is 1. The van der Waals surface area contributed by atoms with Crippen molar-refractivity contribution in [2.24, 2.45) is 7.05 Å². The van der Waals surface area contributed by atoms with Gasteiger partial charge in [0.25, 0.3) is 5.56 Å². The number of halogens is 3. The van der Waals surface area contributed by atoms with Crippen LogP contribution in [0, 0.1) is 0 Å². The smallest absolute Gasteiger partial charge is 0.490 e. The number of carboxylic acids is 1. The number of hydrogen-bond acceptors (Lipinski definition) is 5. The Kier molecular flexibility index (Phi) is 9.20. The molecule has 0 spiro atoms. The van der Waals surface area contributed by atoms with E-state index in [9.17, 15) is 22.8 Å². The molecule has 8 nitrogen and oxygen atoms in total. The van der Waals surface area contributed by atoms with Crippen molar-refractivity contribution in [1.82, 2.24) is 9.55 Å². The molecule has 0 saturated heterocycles. The van der Waals surface area contributed by atoms with Crippen LogP contribution in [0.4, 0.5) is 19.0 Å². The van der Waals surface area contributed by atoms with Gasteiger partial charge in [0.1, 0.15) is 11.6 Å². The molecule has 11 heteroatoms. The molecular formula is C27H24F3N3O5. The maximum Gasteiger partial charge on any atom is 0.490 e. The van der Waals surface area contributed by atoms with Gasteiger partial charge in [-0.05, 0) is 41.8 Å². The Morgan fingerprint density at radius 1 is 1.00 bits per heavy atom. The van der Waals surface area contributed by atoms with Crippen LogP contribution in [0.2, 0.25) is 0 Å². The third-order valence-corrected chi connectivity index (χ3v) is 5.30. The summed E-state index contributed by atoms with van der Waals surface area (Å²) in [6, 6.07) is 22.8. The van der Waals surface area contributed by atoms with Crippen molar-refractivity contribution in [2.75, 3.05) is 11.9 Å². The number of anilines is 1. The Morgan fingerprint density at radius 3 is 2.34 bits per heavy atom. The molecule has 1 amide bonds. The van der Waals surface area contributed by atoms with Crippen LogP contribution in [0.5, 0.6) is 5.75 Å². The first-order valence-corrected chi connectivity index (χ1v) is 11.4. The summed E-state index contributed by atoms with van der Waals surface area (Å²) in [5.41, 5.74) is 2.74. The molecule has 0 aliphatic carbocycles. The van der Waals surface area contributed by atoms with Gasteiger partial charge in [-0.1, -0.05) is 42.5 Å². The van der Waals surface area contributed by atoms with Crippen LogP contribution < -0.4 is 15.6 Å². The molecule has 0 atom stereocenters. The lowest BCUT2D eigenvalue weighted by Crippen LogP contribution is -2.21. The van der Waals surface area contributed by atoms with Gasteiger partial charge < -0.3 is 19.7 Å². The minimum absolute atomic E-state index is 0.129. The Balaban J connectivity index is 0.000000505. The molecule has 0 fully saturated rings. The fraction of sp³-hybridized carbons (Fsp3) is 0.185. The van der Waals surface area contributed by atoms with Crippen molar-refractivity contribution < 1.29 is 32.6 Å². The van der Waals surface area contributed by atoms with E-state index in [2.05, 4.69) is 10.3 Å². The molecule has 0 bridgehead atoms. The van der Waals surface area contributed by atoms with E-state index in [-0.39, 0.29) is 11.5 Å². The zero-order valence-electron chi connectivity index (χ0n) is 20.2. The largest absolute Gasteiger partial charge is 0.493 e. The number of para-hydroxylation sites is 1. The second-order valence-electron chi connectivity index (χ2n) is 8.02. The molecule has 4 rings (SSSR count). The number of rotatable bonds is 7. The predicted molar refractivity (Wildman–Crippen MR) is 136 cm³/mol. The topological polar surface area (TPSA) is 111 Å². The molecule has 2 N–H and O–H groups in total. The lowest BCUT2D eigenvalue weighted by Gasteiger charge is -2.11. The molecule has 2 heterocycles. The minimum Gasteiger partial charge on any atom is -0.493 e. The van der Waals surface area contributed by atoms with Crippen LogP contribution in [-0.2, 0) is 16.6 Å². The van der Waals surface area contributed by atoms with Gasteiger partial charge in [-0.25, -0.2) is 9.78 Å². The van der Waals surface area contributed by atoms with Crippen molar-refractivity contribution in [3.63, 3.8) is 0 Å². The average molecular weight is 527 g/mol. The number of aromatic nitrogens is 2. The fourth-order valence-electron chi connectivity index (χ4n) is 3.43. The molecule has 38 heavy (non-hydrogen) atoms. The van der Waals surface area contributed by atoms with Crippen molar-refractivity contribution in [3.05, 3.63) is 89.3 Å². The van der Waals surface area contributed by atoms with E-state index in [0.29, 0.717) is 31.0 Å². The highest BCUT2D eigenvalue weighted by atomic mass is 19.4. The standard InChI is InChI=1S/C25H23N3O3.C2HF3O2/c1-28-21-11-6-5-10-20(21)22(17-25(28)30)31-15-7-12-24(29)27-23-16-19(13-14-26-23)18-8-3-2-4-9-18;3-2(4,5)1(6)7/h2-6,8-11,13-14,16-17H,7,12,15H2,1H3,(H,26,27,29);(H,6,7). The van der Waals surface area contributed by atoms with Gasteiger partial charge in [0.15, 0.2) is 0 Å². The SMILES string of the molecule is Cn1c(=O)cc(OCCCC(=O)Nc2cc(-c3ccccc3)ccn2)c2ccccc21.O=C(O)C(F)(F)F. The molecule has 0 saturated carbocycles. The summed E-state index contributed by atoms with van der Waals surface area (Å²) in [6.07, 6.45) is -2.59. The summed E-state index contributed by atoms with van der Waals surface area (Å²) >= 11 is 0. The van der Waals surface area contributed by atoms with Gasteiger partial charge in [-0.15, -0.1) is 0 Å². The third kappa shape index (κ3) is 7.66. The number of benzene rings is 2.